The van der Waals surface area contributed by atoms with Gasteiger partial charge < -0.3 is 5.11 Å². The molecule has 0 aromatic carbocycles. The van der Waals surface area contributed by atoms with Gasteiger partial charge in [0, 0.05) is 6.42 Å². The van der Waals surface area contributed by atoms with E-state index in [1.807, 2.05) is 0 Å². The van der Waals surface area contributed by atoms with E-state index in [0.29, 0.717) is 24.2 Å². The maximum Gasteiger partial charge on any atom is 0.303 e. The fourth-order valence-corrected chi connectivity index (χ4v) is 2.35. The molecule has 0 saturated heterocycles. The van der Waals surface area contributed by atoms with Gasteiger partial charge in [-0.25, -0.2) is 0 Å². The van der Waals surface area contributed by atoms with Crippen molar-refractivity contribution in [2.45, 2.75) is 19.3 Å². The molecule has 3 atom stereocenters. The second-order valence-electron chi connectivity index (χ2n) is 3.64. The Kier molecular flexibility index (Phi) is 1.48. The zero-order valence-corrected chi connectivity index (χ0v) is 6.36. The molecule has 0 amide bonds. The highest BCUT2D eigenvalue weighted by atomic mass is 16.4. The molecule has 0 heterocycles. The lowest BCUT2D eigenvalue weighted by Gasteiger charge is -2.14. The maximum atomic E-state index is 10.4. The first-order valence-corrected chi connectivity index (χ1v) is 4.16. The normalized spacial score (nSPS) is 39.8. The third kappa shape index (κ3) is 1.17. The predicted molar refractivity (Wildman–Crippen MR) is 41.1 cm³/mol. The van der Waals surface area contributed by atoms with Crippen LogP contribution in [0, 0.1) is 17.8 Å². The van der Waals surface area contributed by atoms with E-state index in [-0.39, 0.29) is 0 Å². The van der Waals surface area contributed by atoms with Gasteiger partial charge in [-0.3, -0.25) is 4.79 Å². The first-order valence-electron chi connectivity index (χ1n) is 4.16. The van der Waals surface area contributed by atoms with Crippen LogP contribution in [0.4, 0.5) is 0 Å². The molecule has 2 nitrogen and oxygen atoms in total. The van der Waals surface area contributed by atoms with Gasteiger partial charge in [-0.15, -0.1) is 0 Å². The monoisotopic (exact) mass is 152 g/mol. The number of aliphatic carboxylic acids is 1. The van der Waals surface area contributed by atoms with Gasteiger partial charge in [0.15, 0.2) is 0 Å². The highest BCUT2D eigenvalue weighted by Gasteiger charge is 2.36. The highest BCUT2D eigenvalue weighted by molar-refractivity contribution is 5.67. The van der Waals surface area contributed by atoms with Crippen molar-refractivity contribution >= 4 is 5.97 Å². The lowest BCUT2D eigenvalue weighted by atomic mass is 9.91. The summed E-state index contributed by atoms with van der Waals surface area (Å²) in [4.78, 5) is 10.4. The molecule has 1 fully saturated rings. The van der Waals surface area contributed by atoms with Gasteiger partial charge in [0.2, 0.25) is 0 Å². The lowest BCUT2D eigenvalue weighted by molar-refractivity contribution is -0.138. The minimum atomic E-state index is -0.643. The quantitative estimate of drug-likeness (QED) is 0.611. The van der Waals surface area contributed by atoms with Crippen molar-refractivity contribution in [3.8, 4) is 0 Å². The molecule has 2 rings (SSSR count). The molecular weight excluding hydrogens is 140 g/mol. The lowest BCUT2D eigenvalue weighted by Crippen LogP contribution is -2.11. The Morgan fingerprint density at radius 3 is 2.73 bits per heavy atom. The summed E-state index contributed by atoms with van der Waals surface area (Å²) < 4.78 is 0. The number of rotatable bonds is 2. The van der Waals surface area contributed by atoms with Crippen LogP contribution in [0.25, 0.3) is 0 Å². The minimum Gasteiger partial charge on any atom is -0.481 e. The highest BCUT2D eigenvalue weighted by Crippen LogP contribution is 2.44. The van der Waals surface area contributed by atoms with Crippen LogP contribution in [0.3, 0.4) is 0 Å². The Morgan fingerprint density at radius 1 is 1.45 bits per heavy atom. The SMILES string of the molecule is O=C(O)CC1C[C@H]2C=CC1C2. The van der Waals surface area contributed by atoms with E-state index in [1.54, 1.807) is 0 Å². The zero-order chi connectivity index (χ0) is 7.84. The summed E-state index contributed by atoms with van der Waals surface area (Å²) in [5.41, 5.74) is 0. The van der Waals surface area contributed by atoms with E-state index < -0.39 is 5.97 Å². The fraction of sp³-hybridized carbons (Fsp3) is 0.667. The van der Waals surface area contributed by atoms with Crippen molar-refractivity contribution in [2.24, 2.45) is 17.8 Å². The zero-order valence-electron chi connectivity index (χ0n) is 6.36. The third-order valence-corrected chi connectivity index (χ3v) is 2.85. The molecule has 1 saturated carbocycles. The molecule has 60 valence electrons. The van der Waals surface area contributed by atoms with Crippen LogP contribution in [0.1, 0.15) is 19.3 Å². The summed E-state index contributed by atoms with van der Waals surface area (Å²) in [7, 11) is 0. The Balaban J connectivity index is 1.98. The number of fused-ring (bicyclic) bond motifs is 2. The van der Waals surface area contributed by atoms with E-state index in [4.69, 9.17) is 5.11 Å². The largest absolute Gasteiger partial charge is 0.481 e. The second kappa shape index (κ2) is 2.36. The molecule has 2 heteroatoms. The smallest absolute Gasteiger partial charge is 0.303 e. The number of allylic oxidation sites excluding steroid dienone is 2. The Hall–Kier alpha value is -0.790. The van der Waals surface area contributed by atoms with Gasteiger partial charge >= 0.3 is 5.97 Å². The standard InChI is InChI=1S/C9H12O2/c10-9(11)5-8-4-6-1-2-7(8)3-6/h1-2,6-8H,3-5H2,(H,10,11)/t6-,7?,8?/m0/s1. The van der Waals surface area contributed by atoms with Crippen LogP contribution < -0.4 is 0 Å². The number of carboxylic acids is 1. The molecule has 0 aromatic rings. The summed E-state index contributed by atoms with van der Waals surface area (Å²) in [6, 6.07) is 0. The maximum absolute atomic E-state index is 10.4. The van der Waals surface area contributed by atoms with Gasteiger partial charge in [0.05, 0.1) is 0 Å². The van der Waals surface area contributed by atoms with Crippen LogP contribution in [-0.4, -0.2) is 11.1 Å². The van der Waals surface area contributed by atoms with Crippen LogP contribution in [0.2, 0.25) is 0 Å². The van der Waals surface area contributed by atoms with Crippen LogP contribution in [0.5, 0.6) is 0 Å². The second-order valence-corrected chi connectivity index (χ2v) is 3.64. The molecule has 2 unspecified atom stereocenters. The molecule has 0 spiro atoms. The molecule has 0 aromatic heterocycles. The van der Waals surface area contributed by atoms with Gasteiger partial charge in [-0.05, 0) is 30.6 Å². The predicted octanol–water partition coefficient (Wildman–Crippen LogP) is 1.67. The Bertz CT molecular complexity index is 208. The summed E-state index contributed by atoms with van der Waals surface area (Å²) in [6.07, 6.45) is 7.11. The molecule has 1 N–H and O–H groups in total. The summed E-state index contributed by atoms with van der Waals surface area (Å²) in [5, 5.41) is 8.58. The van der Waals surface area contributed by atoms with Crippen LogP contribution in [-0.2, 0) is 4.79 Å². The van der Waals surface area contributed by atoms with Crippen LogP contribution >= 0.6 is 0 Å². The summed E-state index contributed by atoms with van der Waals surface area (Å²) >= 11 is 0. The number of hydrogen-bond donors (Lipinski definition) is 1. The van der Waals surface area contributed by atoms with E-state index in [1.165, 1.54) is 6.42 Å². The van der Waals surface area contributed by atoms with Gasteiger partial charge in [-0.2, -0.15) is 0 Å². The molecule has 0 aliphatic heterocycles. The van der Waals surface area contributed by atoms with Crippen molar-refractivity contribution in [2.75, 3.05) is 0 Å². The third-order valence-electron chi connectivity index (χ3n) is 2.85. The van der Waals surface area contributed by atoms with Gasteiger partial charge in [0.1, 0.15) is 0 Å². The fourth-order valence-electron chi connectivity index (χ4n) is 2.35. The van der Waals surface area contributed by atoms with Crippen LogP contribution in [0.15, 0.2) is 12.2 Å². The number of hydrogen-bond acceptors (Lipinski definition) is 1. The topological polar surface area (TPSA) is 37.3 Å². The average molecular weight is 152 g/mol. The van der Waals surface area contributed by atoms with Crippen molar-refractivity contribution in [1.82, 2.24) is 0 Å². The molecule has 2 aliphatic rings. The summed E-state index contributed by atoms with van der Waals surface area (Å²) in [5.74, 6) is 1.07. The molecule has 11 heavy (non-hydrogen) atoms. The first-order chi connectivity index (χ1) is 5.25. The minimum absolute atomic E-state index is 0.367. The van der Waals surface area contributed by atoms with Gasteiger partial charge in [-0.1, -0.05) is 12.2 Å². The van der Waals surface area contributed by atoms with Gasteiger partial charge in [0.25, 0.3) is 0 Å². The number of carboxylic acid groups (broad SMARTS) is 1. The van der Waals surface area contributed by atoms with E-state index in [2.05, 4.69) is 12.2 Å². The van der Waals surface area contributed by atoms with E-state index >= 15 is 0 Å². The number of carbonyl (C=O) groups is 1. The first kappa shape index (κ1) is 6.89. The molecule has 0 radical (unpaired) electrons. The molecule has 2 bridgehead atoms. The Morgan fingerprint density at radius 2 is 2.27 bits per heavy atom. The van der Waals surface area contributed by atoms with Crippen molar-refractivity contribution < 1.29 is 9.90 Å². The van der Waals surface area contributed by atoms with Crippen molar-refractivity contribution in [3.05, 3.63) is 12.2 Å². The summed E-state index contributed by atoms with van der Waals surface area (Å²) in [6.45, 7) is 0. The van der Waals surface area contributed by atoms with E-state index in [9.17, 15) is 4.79 Å². The molecule has 2 aliphatic carbocycles. The van der Waals surface area contributed by atoms with Crippen molar-refractivity contribution in [1.29, 1.82) is 0 Å². The Labute approximate surface area is 65.9 Å². The molecular formula is C9H12O2. The van der Waals surface area contributed by atoms with Crippen molar-refractivity contribution in [3.63, 3.8) is 0 Å². The average Bonchev–Trinajstić information content (AvgIpc) is 2.45. The van der Waals surface area contributed by atoms with E-state index in [0.717, 1.165) is 6.42 Å².